The van der Waals surface area contributed by atoms with Crippen molar-refractivity contribution < 1.29 is 0 Å². The van der Waals surface area contributed by atoms with Crippen LogP contribution < -0.4 is 0 Å². The Hall–Kier alpha value is -6.75. The second kappa shape index (κ2) is 13.8. The number of imidazole rings is 1. The molecule has 0 N–H and O–H groups in total. The molecule has 11 rings (SSSR count). The monoisotopic (exact) mass is 744 g/mol. The number of fused-ring (bicyclic) bond motifs is 6. The second-order valence-electron chi connectivity index (χ2n) is 14.9. The Bertz CT molecular complexity index is 3290. The summed E-state index contributed by atoms with van der Waals surface area (Å²) < 4.78 is 4.95. The molecular weight excluding hydrogens is 707 g/mol. The Kier molecular flexibility index (Phi) is 8.11. The van der Waals surface area contributed by atoms with Gasteiger partial charge in [-0.25, -0.2) is 4.98 Å². The van der Waals surface area contributed by atoms with Crippen LogP contribution in [0, 0.1) is 0 Å². The van der Waals surface area contributed by atoms with Crippen molar-refractivity contribution >= 4 is 71.9 Å². The van der Waals surface area contributed by atoms with E-state index in [0.29, 0.717) is 0 Å². The maximum absolute atomic E-state index is 4.97. The third kappa shape index (κ3) is 5.59. The summed E-state index contributed by atoms with van der Waals surface area (Å²) in [4.78, 5) is 4.97. The van der Waals surface area contributed by atoms with Gasteiger partial charge in [0.1, 0.15) is 13.7 Å². The highest BCUT2D eigenvalue weighted by molar-refractivity contribution is 7.26. The molecule has 0 unspecified atom stereocenters. The van der Waals surface area contributed by atoms with Crippen LogP contribution in [0.3, 0.4) is 0 Å². The minimum atomic E-state index is 0.941. The average molecular weight is 745 g/mol. The van der Waals surface area contributed by atoms with Gasteiger partial charge in [-0.1, -0.05) is 152 Å². The summed E-state index contributed by atoms with van der Waals surface area (Å²) >= 11 is 1.88. The molecule has 4 heteroatoms. The lowest BCUT2D eigenvalue weighted by Crippen LogP contribution is -2.01. The lowest BCUT2D eigenvalue weighted by atomic mass is 9.83. The van der Waals surface area contributed by atoms with Gasteiger partial charge < -0.3 is 0 Å². The van der Waals surface area contributed by atoms with Crippen LogP contribution in [0.1, 0.15) is 5.82 Å². The average Bonchev–Trinajstić information content (AvgIpc) is 3.84. The van der Waals surface area contributed by atoms with Crippen LogP contribution >= 0.6 is 11.3 Å². The van der Waals surface area contributed by atoms with Crippen LogP contribution in [0.25, 0.3) is 103 Å². The number of para-hydroxylation sites is 2. The van der Waals surface area contributed by atoms with E-state index in [1.807, 2.05) is 11.3 Å². The molecule has 0 bridgehead atoms. The van der Waals surface area contributed by atoms with Crippen LogP contribution in [0.2, 0.25) is 6.32 Å². The number of thiophene rings is 1. The number of hydrogen-bond donors (Lipinski definition) is 0. The first-order chi connectivity index (χ1) is 28.2. The molecule has 0 aliphatic heterocycles. The number of rotatable bonds is 7. The first-order valence-corrected chi connectivity index (χ1v) is 20.7. The molecule has 0 aliphatic carbocycles. The summed E-state index contributed by atoms with van der Waals surface area (Å²) in [7, 11) is 2.21. The Balaban J connectivity index is 1.08. The molecule has 2 heterocycles. The van der Waals surface area contributed by atoms with E-state index in [1.54, 1.807) is 0 Å². The molecule has 57 heavy (non-hydrogen) atoms. The SMILES string of the molecule is BCCc1nc2ccccc2n1-c1ccc(-c2ccc(-c3c4ccccc4c(-c4cccc5sc6ccccc6c45)c4cc(-c5ccccc5)ccc34)cc2)cc1. The summed E-state index contributed by atoms with van der Waals surface area (Å²) in [6.45, 7) is 0. The molecule has 0 saturated heterocycles. The van der Waals surface area contributed by atoms with Gasteiger partial charge in [-0.15, -0.1) is 11.3 Å². The maximum atomic E-state index is 4.97. The molecule has 268 valence electrons. The molecule has 0 radical (unpaired) electrons. The molecule has 0 fully saturated rings. The summed E-state index contributed by atoms with van der Waals surface area (Å²) in [5.41, 5.74) is 13.2. The topological polar surface area (TPSA) is 17.8 Å². The molecule has 0 aliphatic rings. The number of aromatic nitrogens is 2. The number of aryl methyl sites for hydroxylation is 1. The van der Waals surface area contributed by atoms with Crippen molar-refractivity contribution in [3.63, 3.8) is 0 Å². The number of benzene rings is 9. The predicted octanol–water partition coefficient (Wildman–Crippen LogP) is 14.0. The van der Waals surface area contributed by atoms with Crippen LogP contribution in [-0.4, -0.2) is 17.4 Å². The Morgan fingerprint density at radius 2 is 1.05 bits per heavy atom. The van der Waals surface area contributed by atoms with Crippen molar-refractivity contribution in [3.05, 3.63) is 194 Å². The number of nitrogens with zero attached hydrogens (tertiary/aromatic N) is 2. The van der Waals surface area contributed by atoms with Crippen LogP contribution in [0.5, 0.6) is 0 Å². The van der Waals surface area contributed by atoms with Crippen molar-refractivity contribution in [1.82, 2.24) is 9.55 Å². The zero-order valence-electron chi connectivity index (χ0n) is 31.6. The van der Waals surface area contributed by atoms with Gasteiger partial charge in [0.05, 0.1) is 11.0 Å². The minimum absolute atomic E-state index is 0.941. The molecule has 0 saturated carbocycles. The Labute approximate surface area is 336 Å². The summed E-state index contributed by atoms with van der Waals surface area (Å²) in [6.07, 6.45) is 1.99. The van der Waals surface area contributed by atoms with Crippen LogP contribution in [0.4, 0.5) is 0 Å². The highest BCUT2D eigenvalue weighted by atomic mass is 32.1. The Morgan fingerprint density at radius 3 is 1.84 bits per heavy atom. The molecule has 0 atom stereocenters. The van der Waals surface area contributed by atoms with Crippen molar-refractivity contribution in [2.75, 3.05) is 0 Å². The minimum Gasteiger partial charge on any atom is -0.296 e. The maximum Gasteiger partial charge on any atom is 0.113 e. The fourth-order valence-electron chi connectivity index (χ4n) is 8.96. The van der Waals surface area contributed by atoms with Gasteiger partial charge >= 0.3 is 0 Å². The standard InChI is InChI=1S/C53H37BN2S/c54-32-31-50-55-46-17-7-8-18-47(46)56(50)39-28-25-36(26-29-39)35-21-23-37(24-22-35)51-40-13-4-5-14-41(40)52(45-33-38(27-30-42(45)51)34-11-2-1-3-12-34)44-16-10-20-49-53(44)43-15-6-9-19-48(43)57-49/h1-30,33H,31-32,54H2. The quantitative estimate of drug-likeness (QED) is 0.117. The van der Waals surface area contributed by atoms with E-state index in [1.165, 1.54) is 86.2 Å². The zero-order valence-corrected chi connectivity index (χ0v) is 32.4. The molecule has 2 aromatic heterocycles. The molecule has 9 aromatic carbocycles. The van der Waals surface area contributed by atoms with E-state index in [0.717, 1.165) is 35.3 Å². The predicted molar refractivity (Wildman–Crippen MR) is 248 cm³/mol. The summed E-state index contributed by atoms with van der Waals surface area (Å²) in [5, 5.41) is 7.70. The Morgan fingerprint density at radius 1 is 0.456 bits per heavy atom. The molecule has 2 nitrogen and oxygen atoms in total. The van der Waals surface area contributed by atoms with Crippen molar-refractivity contribution in [3.8, 4) is 50.2 Å². The van der Waals surface area contributed by atoms with Gasteiger partial charge in [-0.05, 0) is 115 Å². The van der Waals surface area contributed by atoms with E-state index >= 15 is 0 Å². The van der Waals surface area contributed by atoms with Gasteiger partial charge in [-0.2, -0.15) is 0 Å². The van der Waals surface area contributed by atoms with Crippen LogP contribution in [-0.2, 0) is 6.42 Å². The fraction of sp³-hybridized carbons (Fsp3) is 0.0377. The van der Waals surface area contributed by atoms with E-state index in [-0.39, 0.29) is 0 Å². The van der Waals surface area contributed by atoms with Gasteiger partial charge in [-0.3, -0.25) is 4.57 Å². The summed E-state index contributed by atoms with van der Waals surface area (Å²) in [6, 6.07) is 69.1. The van der Waals surface area contributed by atoms with Crippen molar-refractivity contribution in [2.45, 2.75) is 12.7 Å². The first kappa shape index (κ1) is 33.6. The highest BCUT2D eigenvalue weighted by Gasteiger charge is 2.21. The molecule has 0 amide bonds. The third-order valence-corrected chi connectivity index (χ3v) is 12.7. The van der Waals surface area contributed by atoms with E-state index < -0.39 is 0 Å². The van der Waals surface area contributed by atoms with E-state index in [9.17, 15) is 0 Å². The molecule has 11 aromatic rings. The molecular formula is C53H37BN2S. The third-order valence-electron chi connectivity index (χ3n) is 11.5. The smallest absolute Gasteiger partial charge is 0.113 e. The fourth-order valence-corrected chi connectivity index (χ4v) is 10.1. The van der Waals surface area contributed by atoms with Gasteiger partial charge in [0.25, 0.3) is 0 Å². The largest absolute Gasteiger partial charge is 0.296 e. The first-order valence-electron chi connectivity index (χ1n) is 19.9. The van der Waals surface area contributed by atoms with E-state index in [2.05, 4.69) is 200 Å². The second-order valence-corrected chi connectivity index (χ2v) is 16.0. The van der Waals surface area contributed by atoms with Crippen molar-refractivity contribution in [2.24, 2.45) is 0 Å². The van der Waals surface area contributed by atoms with Gasteiger partial charge in [0.2, 0.25) is 0 Å². The van der Waals surface area contributed by atoms with Crippen LogP contribution in [0.15, 0.2) is 188 Å². The summed E-state index contributed by atoms with van der Waals surface area (Å²) in [5.74, 6) is 1.11. The van der Waals surface area contributed by atoms with E-state index in [4.69, 9.17) is 4.98 Å². The highest BCUT2D eigenvalue weighted by Crippen LogP contribution is 2.48. The number of hydrogen-bond acceptors (Lipinski definition) is 2. The lowest BCUT2D eigenvalue weighted by molar-refractivity contribution is 0.907. The zero-order chi connectivity index (χ0) is 37.9. The normalized spacial score (nSPS) is 11.7. The molecule has 0 spiro atoms. The van der Waals surface area contributed by atoms with Gasteiger partial charge in [0.15, 0.2) is 0 Å². The van der Waals surface area contributed by atoms with Gasteiger partial charge in [0, 0.05) is 25.9 Å². The lowest BCUT2D eigenvalue weighted by Gasteiger charge is -2.19. The van der Waals surface area contributed by atoms with Crippen molar-refractivity contribution in [1.29, 1.82) is 0 Å².